The average molecular weight is 474 g/mol. The zero-order valence-electron chi connectivity index (χ0n) is 19.5. The van der Waals surface area contributed by atoms with Crippen LogP contribution in [0.2, 0.25) is 0 Å². The molecule has 0 spiro atoms. The van der Waals surface area contributed by atoms with Crippen molar-refractivity contribution >= 4 is 28.5 Å². The highest BCUT2D eigenvalue weighted by atomic mass is 16.5. The fourth-order valence-electron chi connectivity index (χ4n) is 4.46. The number of pyridine rings is 1. The number of aromatic nitrogens is 4. The first-order chi connectivity index (χ1) is 17.3. The van der Waals surface area contributed by atoms with Gasteiger partial charge in [-0.05, 0) is 24.6 Å². The van der Waals surface area contributed by atoms with Crippen molar-refractivity contribution in [2.24, 2.45) is 0 Å². The van der Waals surface area contributed by atoms with Crippen LogP contribution in [-0.4, -0.2) is 65.9 Å². The summed E-state index contributed by atoms with van der Waals surface area (Å²) in [5, 5.41) is 6.78. The highest BCUT2D eigenvalue weighted by Crippen LogP contribution is 2.34. The monoisotopic (exact) mass is 473 g/mol. The molecule has 180 valence electrons. The Kier molecular flexibility index (Phi) is 5.71. The molecule has 5 heterocycles. The Labute approximate surface area is 202 Å². The van der Waals surface area contributed by atoms with Crippen LogP contribution in [0.25, 0.3) is 16.9 Å². The van der Waals surface area contributed by atoms with Crippen LogP contribution in [0.4, 0.5) is 22.9 Å². The van der Waals surface area contributed by atoms with Gasteiger partial charge in [0.1, 0.15) is 12.4 Å². The van der Waals surface area contributed by atoms with E-state index in [0.717, 1.165) is 79.0 Å². The summed E-state index contributed by atoms with van der Waals surface area (Å²) in [5.74, 6) is 2.06. The molecule has 3 aromatic heterocycles. The van der Waals surface area contributed by atoms with E-state index in [1.54, 1.807) is 19.5 Å². The standard InChI is InChI=1S/C25H27N7O3/c1-33-22-14-18(3-4-21(22)31-7-2-10-34-12-9-31)29-23-24-27-5-8-32(24)16-20(30-23)17-13-19-25(28-15-17)35-11-6-26-19/h3-5,8,13-16,26H,2,6-7,9-12H2,1H3,(H,29,30). The number of hydrogen-bond acceptors (Lipinski definition) is 9. The number of nitrogens with one attached hydrogen (secondary N) is 2. The molecule has 2 N–H and O–H groups in total. The molecule has 10 nitrogen and oxygen atoms in total. The first kappa shape index (κ1) is 21.5. The highest BCUT2D eigenvalue weighted by molar-refractivity contribution is 5.77. The van der Waals surface area contributed by atoms with Crippen molar-refractivity contribution in [2.45, 2.75) is 6.42 Å². The second kappa shape index (κ2) is 9.30. The topological polar surface area (TPSA) is 98.1 Å². The van der Waals surface area contributed by atoms with E-state index in [1.165, 1.54) is 0 Å². The van der Waals surface area contributed by atoms with E-state index in [9.17, 15) is 0 Å². The van der Waals surface area contributed by atoms with Gasteiger partial charge in [-0.2, -0.15) is 0 Å². The maximum atomic E-state index is 5.75. The van der Waals surface area contributed by atoms with Gasteiger partial charge in [-0.1, -0.05) is 0 Å². The minimum absolute atomic E-state index is 0.612. The van der Waals surface area contributed by atoms with Gasteiger partial charge in [0.15, 0.2) is 11.5 Å². The van der Waals surface area contributed by atoms with Gasteiger partial charge >= 0.3 is 0 Å². The van der Waals surface area contributed by atoms with Crippen molar-refractivity contribution in [1.82, 2.24) is 19.4 Å². The van der Waals surface area contributed by atoms with Crippen molar-refractivity contribution in [3.63, 3.8) is 0 Å². The predicted molar refractivity (Wildman–Crippen MR) is 134 cm³/mol. The maximum Gasteiger partial charge on any atom is 0.237 e. The van der Waals surface area contributed by atoms with Crippen LogP contribution in [0, 0.1) is 0 Å². The second-order valence-electron chi connectivity index (χ2n) is 8.45. The summed E-state index contributed by atoms with van der Waals surface area (Å²) >= 11 is 0. The number of ether oxygens (including phenoxy) is 3. The maximum absolute atomic E-state index is 5.75. The molecule has 10 heteroatoms. The van der Waals surface area contributed by atoms with Crippen molar-refractivity contribution < 1.29 is 14.2 Å². The van der Waals surface area contributed by atoms with Crippen LogP contribution in [0.1, 0.15) is 6.42 Å². The number of rotatable bonds is 5. The summed E-state index contributed by atoms with van der Waals surface area (Å²) < 4.78 is 18.9. The van der Waals surface area contributed by atoms with Gasteiger partial charge in [0.05, 0.1) is 30.8 Å². The molecule has 35 heavy (non-hydrogen) atoms. The molecule has 2 aliphatic rings. The SMILES string of the molecule is COc1cc(Nc2nc(-c3cnc4c(c3)NCCO4)cn3ccnc23)ccc1N1CCCOCC1. The Bertz CT molecular complexity index is 1350. The third-order valence-electron chi connectivity index (χ3n) is 6.18. The summed E-state index contributed by atoms with van der Waals surface area (Å²) in [7, 11) is 1.70. The molecule has 0 radical (unpaired) electrons. The molecule has 2 aliphatic heterocycles. The van der Waals surface area contributed by atoms with E-state index in [-0.39, 0.29) is 0 Å². The lowest BCUT2D eigenvalue weighted by atomic mass is 10.2. The van der Waals surface area contributed by atoms with E-state index in [0.29, 0.717) is 18.3 Å². The van der Waals surface area contributed by atoms with Crippen LogP contribution in [-0.2, 0) is 4.74 Å². The van der Waals surface area contributed by atoms with Gasteiger partial charge in [-0.3, -0.25) is 0 Å². The van der Waals surface area contributed by atoms with Crippen LogP contribution in [0.15, 0.2) is 49.1 Å². The molecule has 0 aliphatic carbocycles. The quantitative estimate of drug-likeness (QED) is 0.451. The van der Waals surface area contributed by atoms with E-state index in [2.05, 4.69) is 31.6 Å². The van der Waals surface area contributed by atoms with Gasteiger partial charge < -0.3 is 34.1 Å². The lowest BCUT2D eigenvalue weighted by Gasteiger charge is -2.24. The number of anilines is 4. The average Bonchev–Trinajstić information content (AvgIpc) is 3.22. The van der Waals surface area contributed by atoms with E-state index >= 15 is 0 Å². The molecule has 0 bridgehead atoms. The molecule has 0 unspecified atom stereocenters. The smallest absolute Gasteiger partial charge is 0.237 e. The highest BCUT2D eigenvalue weighted by Gasteiger charge is 2.17. The summed E-state index contributed by atoms with van der Waals surface area (Å²) in [5.41, 5.74) is 5.19. The first-order valence-corrected chi connectivity index (χ1v) is 11.8. The molecule has 4 aromatic rings. The third-order valence-corrected chi connectivity index (χ3v) is 6.18. The largest absolute Gasteiger partial charge is 0.495 e. The normalized spacial score (nSPS) is 15.6. The molecular weight excluding hydrogens is 446 g/mol. The molecule has 6 rings (SSSR count). The van der Waals surface area contributed by atoms with E-state index < -0.39 is 0 Å². The predicted octanol–water partition coefficient (Wildman–Crippen LogP) is 3.57. The number of benzene rings is 1. The van der Waals surface area contributed by atoms with Crippen LogP contribution in [0.5, 0.6) is 11.6 Å². The molecule has 0 amide bonds. The van der Waals surface area contributed by atoms with Crippen LogP contribution >= 0.6 is 0 Å². The molecule has 1 aromatic carbocycles. The number of hydrogen-bond donors (Lipinski definition) is 2. The van der Waals surface area contributed by atoms with Crippen LogP contribution in [0.3, 0.4) is 0 Å². The molecule has 1 fully saturated rings. The van der Waals surface area contributed by atoms with Crippen molar-refractivity contribution in [1.29, 1.82) is 0 Å². The summed E-state index contributed by atoms with van der Waals surface area (Å²) in [6, 6.07) is 8.13. The van der Waals surface area contributed by atoms with Gasteiger partial charge in [0.25, 0.3) is 0 Å². The fraction of sp³-hybridized carbons (Fsp3) is 0.320. The lowest BCUT2D eigenvalue weighted by molar-refractivity contribution is 0.152. The number of nitrogens with zero attached hydrogens (tertiary/aromatic N) is 5. The molecule has 0 atom stereocenters. The Hall–Kier alpha value is -4.05. The minimum Gasteiger partial charge on any atom is -0.495 e. The summed E-state index contributed by atoms with van der Waals surface area (Å²) in [6.45, 7) is 4.66. The number of fused-ring (bicyclic) bond motifs is 2. The zero-order chi connectivity index (χ0) is 23.6. The van der Waals surface area contributed by atoms with Crippen molar-refractivity contribution in [2.75, 3.05) is 62.1 Å². The lowest BCUT2D eigenvalue weighted by Crippen LogP contribution is -2.26. The Morgan fingerprint density at radius 1 is 1.11 bits per heavy atom. The molecular formula is C25H27N7O3. The third kappa shape index (κ3) is 4.28. The zero-order valence-corrected chi connectivity index (χ0v) is 19.5. The van der Waals surface area contributed by atoms with Crippen molar-refractivity contribution in [3.8, 4) is 22.9 Å². The van der Waals surface area contributed by atoms with E-state index in [4.69, 9.17) is 19.2 Å². The van der Waals surface area contributed by atoms with Gasteiger partial charge in [-0.25, -0.2) is 15.0 Å². The Balaban J connectivity index is 1.33. The van der Waals surface area contributed by atoms with Gasteiger partial charge in [0.2, 0.25) is 5.88 Å². The van der Waals surface area contributed by atoms with Crippen LogP contribution < -0.4 is 25.0 Å². The minimum atomic E-state index is 0.612. The first-order valence-electron chi connectivity index (χ1n) is 11.8. The summed E-state index contributed by atoms with van der Waals surface area (Å²) in [6.07, 6.45) is 8.40. The Morgan fingerprint density at radius 3 is 3.03 bits per heavy atom. The number of methoxy groups -OCH3 is 1. The van der Waals surface area contributed by atoms with Crippen molar-refractivity contribution in [3.05, 3.63) is 49.1 Å². The molecule has 0 saturated carbocycles. The van der Waals surface area contributed by atoms with Gasteiger partial charge in [-0.15, -0.1) is 0 Å². The molecule has 1 saturated heterocycles. The fourth-order valence-corrected chi connectivity index (χ4v) is 4.46. The second-order valence-corrected chi connectivity index (χ2v) is 8.45. The number of imidazole rings is 1. The van der Waals surface area contributed by atoms with E-state index in [1.807, 2.05) is 35.0 Å². The van der Waals surface area contributed by atoms with Gasteiger partial charge in [0, 0.05) is 68.3 Å². The summed E-state index contributed by atoms with van der Waals surface area (Å²) in [4.78, 5) is 16.2. The Morgan fingerprint density at radius 2 is 2.09 bits per heavy atom.